The minimum atomic E-state index is -0.482. The standard InChI is InChI=1S/C33H31N3O6/c1-5-11-24-16-22(17-28(39-6-2)31(24)40-20-30(37)41-21(3)4)19-34-36-32(29-18-23-12-7-10-15-27(23)42-29)35-26-14-9-8-13-25(26)33(36)38/h5,7-10,12-19,21H,1,6,11,20H2,2-4H3. The van der Waals surface area contributed by atoms with Gasteiger partial charge in [0.25, 0.3) is 5.56 Å². The van der Waals surface area contributed by atoms with Crippen LogP contribution in [0.3, 0.4) is 0 Å². The molecule has 2 aromatic heterocycles. The van der Waals surface area contributed by atoms with Crippen LogP contribution >= 0.6 is 0 Å². The number of hydrogen-bond acceptors (Lipinski definition) is 8. The summed E-state index contributed by atoms with van der Waals surface area (Å²) in [6.07, 6.45) is 3.47. The van der Waals surface area contributed by atoms with E-state index in [0.717, 1.165) is 10.9 Å². The molecule has 0 unspecified atom stereocenters. The fourth-order valence-electron chi connectivity index (χ4n) is 4.53. The van der Waals surface area contributed by atoms with Crippen LogP contribution in [0.25, 0.3) is 33.5 Å². The number of fused-ring (bicyclic) bond motifs is 2. The van der Waals surface area contributed by atoms with Gasteiger partial charge in [0, 0.05) is 10.9 Å². The number of esters is 1. The average Bonchev–Trinajstić information content (AvgIpc) is 3.40. The molecule has 0 aliphatic heterocycles. The lowest BCUT2D eigenvalue weighted by Crippen LogP contribution is -2.20. The largest absolute Gasteiger partial charge is 0.490 e. The van der Waals surface area contributed by atoms with Crippen LogP contribution in [0.2, 0.25) is 0 Å². The first-order valence-electron chi connectivity index (χ1n) is 13.7. The van der Waals surface area contributed by atoms with E-state index in [4.69, 9.17) is 23.6 Å². The number of hydrogen-bond donors (Lipinski definition) is 0. The van der Waals surface area contributed by atoms with Crippen molar-refractivity contribution in [3.05, 3.63) is 101 Å². The van der Waals surface area contributed by atoms with Crippen LogP contribution in [0.15, 0.2) is 93.7 Å². The van der Waals surface area contributed by atoms with Crippen molar-refractivity contribution in [3.8, 4) is 23.1 Å². The van der Waals surface area contributed by atoms with Crippen LogP contribution < -0.4 is 15.0 Å². The monoisotopic (exact) mass is 565 g/mol. The Morgan fingerprint density at radius 2 is 1.88 bits per heavy atom. The zero-order chi connectivity index (χ0) is 29.6. The Kier molecular flexibility index (Phi) is 8.47. The van der Waals surface area contributed by atoms with Crippen molar-refractivity contribution < 1.29 is 23.4 Å². The summed E-state index contributed by atoms with van der Waals surface area (Å²) in [7, 11) is 0. The maximum absolute atomic E-state index is 13.6. The third kappa shape index (κ3) is 6.10. The summed E-state index contributed by atoms with van der Waals surface area (Å²) in [5.74, 6) is 1.05. The highest BCUT2D eigenvalue weighted by Crippen LogP contribution is 2.34. The molecular weight excluding hydrogens is 534 g/mol. The molecule has 0 amide bonds. The fraction of sp³-hybridized carbons (Fsp3) is 0.212. The lowest BCUT2D eigenvalue weighted by atomic mass is 10.1. The summed E-state index contributed by atoms with van der Waals surface area (Å²) in [5, 5.41) is 5.88. The average molecular weight is 566 g/mol. The van der Waals surface area contributed by atoms with Gasteiger partial charge in [0.1, 0.15) is 5.58 Å². The highest BCUT2D eigenvalue weighted by Gasteiger charge is 2.18. The molecule has 0 saturated heterocycles. The van der Waals surface area contributed by atoms with Gasteiger partial charge in [-0.15, -0.1) is 6.58 Å². The molecule has 0 N–H and O–H groups in total. The molecule has 0 spiro atoms. The van der Waals surface area contributed by atoms with Gasteiger partial charge in [0.05, 0.1) is 29.8 Å². The lowest BCUT2D eigenvalue weighted by molar-refractivity contribution is -0.149. The summed E-state index contributed by atoms with van der Waals surface area (Å²) < 4.78 is 24.2. The highest BCUT2D eigenvalue weighted by molar-refractivity contribution is 5.85. The minimum Gasteiger partial charge on any atom is -0.490 e. The van der Waals surface area contributed by atoms with Gasteiger partial charge in [-0.25, -0.2) is 9.78 Å². The second kappa shape index (κ2) is 12.6. The van der Waals surface area contributed by atoms with Gasteiger partial charge >= 0.3 is 5.97 Å². The van der Waals surface area contributed by atoms with E-state index in [-0.39, 0.29) is 24.1 Å². The molecule has 0 bridgehead atoms. The number of carbonyl (C=O) groups is 1. The van der Waals surface area contributed by atoms with Gasteiger partial charge in [-0.05, 0) is 69.2 Å². The molecule has 3 aromatic carbocycles. The van der Waals surface area contributed by atoms with Crippen molar-refractivity contribution in [1.82, 2.24) is 9.66 Å². The normalized spacial score (nSPS) is 11.4. The van der Waals surface area contributed by atoms with Gasteiger partial charge in [0.15, 0.2) is 23.9 Å². The van der Waals surface area contributed by atoms with Crippen LogP contribution in [0.4, 0.5) is 0 Å². The molecule has 42 heavy (non-hydrogen) atoms. The van der Waals surface area contributed by atoms with E-state index < -0.39 is 5.97 Å². The number of carbonyl (C=O) groups excluding carboxylic acids is 1. The topological polar surface area (TPSA) is 105 Å². The predicted molar refractivity (Wildman–Crippen MR) is 162 cm³/mol. The van der Waals surface area contributed by atoms with Crippen molar-refractivity contribution in [1.29, 1.82) is 0 Å². The lowest BCUT2D eigenvalue weighted by Gasteiger charge is -2.17. The molecule has 0 aliphatic rings. The summed E-state index contributed by atoms with van der Waals surface area (Å²) in [5.41, 5.74) is 2.24. The van der Waals surface area contributed by atoms with Gasteiger partial charge in [0.2, 0.25) is 5.82 Å². The number of allylic oxidation sites excluding steroid dienone is 1. The Morgan fingerprint density at radius 3 is 2.64 bits per heavy atom. The number of nitrogens with zero attached hydrogens (tertiary/aromatic N) is 3. The third-order valence-corrected chi connectivity index (χ3v) is 6.24. The van der Waals surface area contributed by atoms with Gasteiger partial charge in [-0.3, -0.25) is 4.79 Å². The van der Waals surface area contributed by atoms with E-state index in [9.17, 15) is 9.59 Å². The Balaban J connectivity index is 1.59. The molecule has 5 rings (SSSR count). The first-order chi connectivity index (χ1) is 20.4. The van der Waals surface area contributed by atoms with E-state index >= 15 is 0 Å². The number of para-hydroxylation sites is 2. The maximum Gasteiger partial charge on any atom is 0.344 e. The molecule has 0 atom stereocenters. The fourth-order valence-corrected chi connectivity index (χ4v) is 4.53. The Morgan fingerprint density at radius 1 is 1.10 bits per heavy atom. The molecule has 9 heteroatoms. The first kappa shape index (κ1) is 28.4. The van der Waals surface area contributed by atoms with Crippen LogP contribution in [0.1, 0.15) is 31.9 Å². The van der Waals surface area contributed by atoms with Crippen LogP contribution in [0, 0.1) is 0 Å². The highest BCUT2D eigenvalue weighted by atomic mass is 16.6. The summed E-state index contributed by atoms with van der Waals surface area (Å²) in [4.78, 5) is 30.5. The molecule has 0 fully saturated rings. The quantitative estimate of drug-likeness (QED) is 0.107. The summed E-state index contributed by atoms with van der Waals surface area (Å²) >= 11 is 0. The van der Waals surface area contributed by atoms with Crippen LogP contribution in [0.5, 0.6) is 11.5 Å². The van der Waals surface area contributed by atoms with E-state index in [1.165, 1.54) is 4.68 Å². The molecule has 2 heterocycles. The van der Waals surface area contributed by atoms with E-state index in [1.807, 2.05) is 49.4 Å². The molecule has 9 nitrogen and oxygen atoms in total. The molecule has 0 radical (unpaired) electrons. The van der Waals surface area contributed by atoms with Crippen molar-refractivity contribution >= 4 is 34.1 Å². The molecular formula is C33H31N3O6. The number of rotatable bonds is 11. The number of furan rings is 1. The summed E-state index contributed by atoms with van der Waals surface area (Å²) in [6.45, 7) is 9.35. The zero-order valence-corrected chi connectivity index (χ0v) is 23.7. The van der Waals surface area contributed by atoms with Crippen LogP contribution in [-0.4, -0.2) is 41.2 Å². The summed E-state index contributed by atoms with van der Waals surface area (Å²) in [6, 6.07) is 20.1. The van der Waals surface area contributed by atoms with Gasteiger partial charge in [-0.1, -0.05) is 36.4 Å². The Bertz CT molecular complexity index is 1820. The van der Waals surface area contributed by atoms with Gasteiger partial charge in [-0.2, -0.15) is 9.78 Å². The second-order valence-electron chi connectivity index (χ2n) is 9.72. The SMILES string of the molecule is C=CCc1cc(C=Nn2c(-c3cc4ccccc4o3)nc3ccccc3c2=O)cc(OCC)c1OCC(=O)OC(C)C. The number of ether oxygens (including phenoxy) is 3. The van der Waals surface area contributed by atoms with Crippen molar-refractivity contribution in [2.24, 2.45) is 5.10 Å². The minimum absolute atomic E-state index is 0.254. The van der Waals surface area contributed by atoms with Crippen molar-refractivity contribution in [2.75, 3.05) is 13.2 Å². The molecule has 214 valence electrons. The van der Waals surface area contributed by atoms with Crippen molar-refractivity contribution in [3.63, 3.8) is 0 Å². The Labute approximate surface area is 242 Å². The number of aromatic nitrogens is 2. The van der Waals surface area contributed by atoms with Crippen molar-refractivity contribution in [2.45, 2.75) is 33.3 Å². The van der Waals surface area contributed by atoms with Gasteiger partial charge < -0.3 is 18.6 Å². The second-order valence-corrected chi connectivity index (χ2v) is 9.72. The Hall–Kier alpha value is -5.18. The maximum atomic E-state index is 13.6. The van der Waals surface area contributed by atoms with E-state index in [0.29, 0.717) is 52.3 Å². The third-order valence-electron chi connectivity index (χ3n) is 6.24. The molecule has 5 aromatic rings. The molecule has 0 aliphatic carbocycles. The zero-order valence-electron chi connectivity index (χ0n) is 23.7. The van der Waals surface area contributed by atoms with E-state index in [1.54, 1.807) is 50.4 Å². The first-order valence-corrected chi connectivity index (χ1v) is 13.7. The van der Waals surface area contributed by atoms with Crippen LogP contribution in [-0.2, 0) is 16.0 Å². The predicted octanol–water partition coefficient (Wildman–Crippen LogP) is 6.15. The number of benzene rings is 3. The van der Waals surface area contributed by atoms with E-state index in [2.05, 4.69) is 11.7 Å². The molecule has 0 saturated carbocycles. The smallest absolute Gasteiger partial charge is 0.344 e.